The zero-order chi connectivity index (χ0) is 26.4. The standard InChI is InChI=1S/C29H37N5O2S/c1-20(2)18-30-28(35)24-8-6-7-23(17-24)19-37-29-31-22(4)21(3)27(32-29)34-15-13-33(14-16-34)25-9-11-26(36-5)12-10-25/h6-12,17,20H,13-16,18-19H2,1-5H3,(H,30,35). The van der Waals surface area contributed by atoms with Gasteiger partial charge in [-0.3, -0.25) is 4.79 Å². The van der Waals surface area contributed by atoms with Crippen LogP contribution in [0, 0.1) is 19.8 Å². The summed E-state index contributed by atoms with van der Waals surface area (Å²) < 4.78 is 5.29. The van der Waals surface area contributed by atoms with Crippen molar-refractivity contribution in [2.45, 2.75) is 38.6 Å². The number of hydrogen-bond acceptors (Lipinski definition) is 7. The fourth-order valence-electron chi connectivity index (χ4n) is 4.28. The van der Waals surface area contributed by atoms with Gasteiger partial charge in [0.05, 0.1) is 7.11 Å². The van der Waals surface area contributed by atoms with Gasteiger partial charge in [-0.05, 0) is 61.7 Å². The number of hydrogen-bond donors (Lipinski definition) is 1. The summed E-state index contributed by atoms with van der Waals surface area (Å²) >= 11 is 1.61. The fraction of sp³-hybridized carbons (Fsp3) is 0.414. The Morgan fingerprint density at radius 3 is 2.41 bits per heavy atom. The smallest absolute Gasteiger partial charge is 0.251 e. The number of aryl methyl sites for hydroxylation is 1. The predicted molar refractivity (Wildman–Crippen MR) is 152 cm³/mol. The molecular weight excluding hydrogens is 482 g/mol. The van der Waals surface area contributed by atoms with Crippen LogP contribution in [-0.4, -0.2) is 55.7 Å². The number of benzene rings is 2. The third-order valence-corrected chi connectivity index (χ3v) is 7.51. The van der Waals surface area contributed by atoms with Crippen LogP contribution in [0.2, 0.25) is 0 Å². The SMILES string of the molecule is COc1ccc(N2CCN(c3nc(SCc4cccc(C(=O)NCC(C)C)c4)nc(C)c3C)CC2)cc1. The molecule has 0 aliphatic carbocycles. The second-order valence-electron chi connectivity index (χ2n) is 9.81. The van der Waals surface area contributed by atoms with E-state index < -0.39 is 0 Å². The number of nitrogens with zero attached hydrogens (tertiary/aromatic N) is 4. The summed E-state index contributed by atoms with van der Waals surface area (Å²) in [6.45, 7) is 12.7. The van der Waals surface area contributed by atoms with Gasteiger partial charge < -0.3 is 19.9 Å². The van der Waals surface area contributed by atoms with Gasteiger partial charge in [0, 0.05) is 61.0 Å². The summed E-state index contributed by atoms with van der Waals surface area (Å²) in [5, 5.41) is 3.76. The van der Waals surface area contributed by atoms with Crippen molar-refractivity contribution >= 4 is 29.2 Å². The van der Waals surface area contributed by atoms with Crippen molar-refractivity contribution in [2.75, 3.05) is 49.6 Å². The monoisotopic (exact) mass is 519 g/mol. The van der Waals surface area contributed by atoms with E-state index in [0.29, 0.717) is 23.8 Å². The van der Waals surface area contributed by atoms with Crippen molar-refractivity contribution < 1.29 is 9.53 Å². The van der Waals surface area contributed by atoms with E-state index in [9.17, 15) is 4.79 Å². The van der Waals surface area contributed by atoms with Crippen molar-refractivity contribution in [3.05, 3.63) is 70.9 Å². The number of thioether (sulfide) groups is 1. The highest BCUT2D eigenvalue weighted by Gasteiger charge is 2.22. The van der Waals surface area contributed by atoms with Gasteiger partial charge in [-0.1, -0.05) is 37.7 Å². The maximum Gasteiger partial charge on any atom is 0.251 e. The number of amides is 1. The van der Waals surface area contributed by atoms with Crippen LogP contribution in [0.3, 0.4) is 0 Å². The Hall–Kier alpha value is -3.26. The first-order valence-corrected chi connectivity index (χ1v) is 13.8. The molecule has 1 aliphatic rings. The number of aromatic nitrogens is 2. The van der Waals surface area contributed by atoms with Crippen molar-refractivity contribution in [1.29, 1.82) is 0 Å². The zero-order valence-corrected chi connectivity index (χ0v) is 23.3. The van der Waals surface area contributed by atoms with Crippen molar-refractivity contribution in [1.82, 2.24) is 15.3 Å². The first-order valence-electron chi connectivity index (χ1n) is 12.8. The Balaban J connectivity index is 1.40. The number of piperazine rings is 1. The van der Waals surface area contributed by atoms with E-state index in [1.165, 1.54) is 5.69 Å². The molecule has 1 fully saturated rings. The number of rotatable bonds is 9. The lowest BCUT2D eigenvalue weighted by Gasteiger charge is -2.37. The van der Waals surface area contributed by atoms with Gasteiger partial charge in [-0.15, -0.1) is 0 Å². The molecular formula is C29H37N5O2S. The molecule has 196 valence electrons. The number of carbonyl (C=O) groups is 1. The van der Waals surface area contributed by atoms with Crippen LogP contribution in [0.5, 0.6) is 5.75 Å². The summed E-state index contributed by atoms with van der Waals surface area (Å²) in [4.78, 5) is 26.9. The minimum Gasteiger partial charge on any atom is -0.497 e. The molecule has 2 aromatic carbocycles. The van der Waals surface area contributed by atoms with Gasteiger partial charge in [-0.25, -0.2) is 9.97 Å². The van der Waals surface area contributed by atoms with Crippen LogP contribution in [-0.2, 0) is 5.75 Å². The highest BCUT2D eigenvalue weighted by atomic mass is 32.2. The second-order valence-corrected chi connectivity index (χ2v) is 10.7. The van der Waals surface area contributed by atoms with Crippen molar-refractivity contribution in [3.8, 4) is 5.75 Å². The molecule has 0 bridgehead atoms. The van der Waals surface area contributed by atoms with Gasteiger partial charge in [0.25, 0.3) is 5.91 Å². The highest BCUT2D eigenvalue weighted by molar-refractivity contribution is 7.98. The largest absolute Gasteiger partial charge is 0.497 e. The van der Waals surface area contributed by atoms with E-state index in [4.69, 9.17) is 14.7 Å². The van der Waals surface area contributed by atoms with Crippen LogP contribution < -0.4 is 19.9 Å². The lowest BCUT2D eigenvalue weighted by atomic mass is 10.1. The highest BCUT2D eigenvalue weighted by Crippen LogP contribution is 2.28. The molecule has 0 unspecified atom stereocenters. The van der Waals surface area contributed by atoms with E-state index in [1.54, 1.807) is 18.9 Å². The fourth-order valence-corrected chi connectivity index (χ4v) is 5.11. The Bertz CT molecular complexity index is 1210. The molecule has 1 N–H and O–H groups in total. The van der Waals surface area contributed by atoms with Crippen LogP contribution in [0.15, 0.2) is 53.7 Å². The summed E-state index contributed by atoms with van der Waals surface area (Å²) in [7, 11) is 1.69. The molecule has 1 aromatic heterocycles. The summed E-state index contributed by atoms with van der Waals surface area (Å²) in [6.07, 6.45) is 0. The molecule has 1 saturated heterocycles. The van der Waals surface area contributed by atoms with Gasteiger partial charge in [0.1, 0.15) is 11.6 Å². The Morgan fingerprint density at radius 1 is 1.03 bits per heavy atom. The molecule has 7 nitrogen and oxygen atoms in total. The van der Waals surface area contributed by atoms with Crippen LogP contribution in [0.4, 0.5) is 11.5 Å². The average molecular weight is 520 g/mol. The minimum atomic E-state index is -0.0287. The van der Waals surface area contributed by atoms with E-state index in [2.05, 4.69) is 54.9 Å². The molecule has 4 rings (SSSR count). The Morgan fingerprint density at radius 2 is 1.73 bits per heavy atom. The third-order valence-electron chi connectivity index (χ3n) is 6.59. The molecule has 1 aliphatic heterocycles. The first kappa shape index (κ1) is 26.8. The number of methoxy groups -OCH3 is 1. The summed E-state index contributed by atoms with van der Waals surface area (Å²) in [5.74, 6) is 2.99. The number of anilines is 2. The van der Waals surface area contributed by atoms with Crippen molar-refractivity contribution in [3.63, 3.8) is 0 Å². The van der Waals surface area contributed by atoms with Gasteiger partial charge in [0.15, 0.2) is 5.16 Å². The Labute approximate surface area is 224 Å². The lowest BCUT2D eigenvalue weighted by molar-refractivity contribution is 0.0949. The molecule has 0 spiro atoms. The Kier molecular flexibility index (Phi) is 8.92. The lowest BCUT2D eigenvalue weighted by Crippen LogP contribution is -2.47. The summed E-state index contributed by atoms with van der Waals surface area (Å²) in [6, 6.07) is 16.1. The maximum atomic E-state index is 12.5. The third kappa shape index (κ3) is 6.95. The van der Waals surface area contributed by atoms with E-state index in [1.807, 2.05) is 36.4 Å². The predicted octanol–water partition coefficient (Wildman–Crippen LogP) is 5.11. The molecule has 37 heavy (non-hydrogen) atoms. The maximum absolute atomic E-state index is 12.5. The topological polar surface area (TPSA) is 70.6 Å². The molecule has 2 heterocycles. The number of ether oxygens (including phenoxy) is 1. The minimum absolute atomic E-state index is 0.0287. The van der Waals surface area contributed by atoms with Gasteiger partial charge >= 0.3 is 0 Å². The quantitative estimate of drug-likeness (QED) is 0.311. The van der Waals surface area contributed by atoms with E-state index in [-0.39, 0.29) is 5.91 Å². The van der Waals surface area contributed by atoms with Gasteiger partial charge in [-0.2, -0.15) is 0 Å². The number of nitrogens with one attached hydrogen (secondary N) is 1. The zero-order valence-electron chi connectivity index (χ0n) is 22.5. The second kappa shape index (κ2) is 12.3. The molecule has 0 radical (unpaired) electrons. The van der Waals surface area contributed by atoms with Crippen LogP contribution >= 0.6 is 11.8 Å². The molecule has 0 atom stereocenters. The van der Waals surface area contributed by atoms with E-state index >= 15 is 0 Å². The normalized spacial score (nSPS) is 13.7. The summed E-state index contributed by atoms with van der Waals surface area (Å²) in [5.41, 5.74) is 5.12. The molecule has 0 saturated carbocycles. The van der Waals surface area contributed by atoms with Crippen molar-refractivity contribution in [2.24, 2.45) is 5.92 Å². The number of carbonyl (C=O) groups excluding carboxylic acids is 1. The molecule has 1 amide bonds. The first-order chi connectivity index (χ1) is 17.8. The van der Waals surface area contributed by atoms with Crippen LogP contribution in [0.25, 0.3) is 0 Å². The van der Waals surface area contributed by atoms with Gasteiger partial charge in [0.2, 0.25) is 0 Å². The average Bonchev–Trinajstić information content (AvgIpc) is 2.92. The van der Waals surface area contributed by atoms with E-state index in [0.717, 1.165) is 59.7 Å². The van der Waals surface area contributed by atoms with Crippen LogP contribution in [0.1, 0.15) is 41.0 Å². The molecule has 3 aromatic rings. The molecule has 8 heteroatoms.